The average Bonchev–Trinajstić information content (AvgIpc) is 2.36. The van der Waals surface area contributed by atoms with Crippen LogP contribution in [0.4, 0.5) is 0 Å². The van der Waals surface area contributed by atoms with Gasteiger partial charge in [-0.1, -0.05) is 63.4 Å². The molecule has 0 aliphatic carbocycles. The quantitative estimate of drug-likeness (QED) is 0.677. The van der Waals surface area contributed by atoms with E-state index in [2.05, 4.69) is 57.3 Å². The minimum absolute atomic E-state index is 0.673. The minimum atomic E-state index is 0.673. The Kier molecular flexibility index (Phi) is 7.81. The molecule has 0 saturated heterocycles. The molecule has 0 aromatic heterocycles. The predicted octanol–water partition coefficient (Wildman–Crippen LogP) is 4.73. The molecule has 0 heterocycles. The van der Waals surface area contributed by atoms with Crippen LogP contribution in [0.5, 0.6) is 0 Å². The maximum atomic E-state index is 3.66. The molecule has 0 aliphatic rings. The van der Waals surface area contributed by atoms with Crippen LogP contribution in [0, 0.1) is 12.8 Å². The lowest BCUT2D eigenvalue weighted by molar-refractivity contribution is 0.372. The first-order chi connectivity index (χ1) is 9.15. The Balaban J connectivity index is 2.44. The lowest BCUT2D eigenvalue weighted by atomic mass is 9.93. The van der Waals surface area contributed by atoms with E-state index in [-0.39, 0.29) is 0 Å². The molecule has 2 atom stereocenters. The first-order valence-electron chi connectivity index (χ1n) is 7.94. The predicted molar refractivity (Wildman–Crippen MR) is 85.7 cm³/mol. The van der Waals surface area contributed by atoms with Crippen LogP contribution in [0.3, 0.4) is 0 Å². The van der Waals surface area contributed by atoms with Gasteiger partial charge in [-0.2, -0.15) is 0 Å². The standard InChI is InChI=1S/C18H31N/c1-5-8-15(3)14-18(19-6-2)12-11-17-10-7-9-16(4)13-17/h7,9-10,13,15,18-19H,5-6,8,11-12,14H2,1-4H3. The van der Waals surface area contributed by atoms with Crippen LogP contribution in [0.15, 0.2) is 24.3 Å². The van der Waals surface area contributed by atoms with Gasteiger partial charge in [0, 0.05) is 6.04 Å². The Morgan fingerprint density at radius 2 is 1.95 bits per heavy atom. The second-order valence-electron chi connectivity index (χ2n) is 5.91. The summed E-state index contributed by atoms with van der Waals surface area (Å²) < 4.78 is 0. The van der Waals surface area contributed by atoms with E-state index in [1.54, 1.807) is 0 Å². The zero-order valence-electron chi connectivity index (χ0n) is 13.2. The average molecular weight is 261 g/mol. The van der Waals surface area contributed by atoms with Crippen LogP contribution >= 0.6 is 0 Å². The summed E-state index contributed by atoms with van der Waals surface area (Å²) in [5, 5.41) is 3.66. The van der Waals surface area contributed by atoms with Gasteiger partial charge in [0.05, 0.1) is 0 Å². The molecule has 2 unspecified atom stereocenters. The summed E-state index contributed by atoms with van der Waals surface area (Å²) in [7, 11) is 0. The zero-order valence-corrected chi connectivity index (χ0v) is 13.2. The molecule has 1 N–H and O–H groups in total. The molecule has 19 heavy (non-hydrogen) atoms. The molecule has 108 valence electrons. The second kappa shape index (κ2) is 9.14. The van der Waals surface area contributed by atoms with E-state index in [0.29, 0.717) is 6.04 Å². The summed E-state index contributed by atoms with van der Waals surface area (Å²) in [6.07, 6.45) is 6.42. The van der Waals surface area contributed by atoms with Crippen molar-refractivity contribution < 1.29 is 0 Å². The van der Waals surface area contributed by atoms with Crippen molar-refractivity contribution in [2.24, 2.45) is 5.92 Å². The molecule has 0 aliphatic heterocycles. The molecular formula is C18H31N. The Bertz CT molecular complexity index is 345. The number of hydrogen-bond acceptors (Lipinski definition) is 1. The van der Waals surface area contributed by atoms with Crippen molar-refractivity contribution in [1.29, 1.82) is 0 Å². The third-order valence-electron chi connectivity index (χ3n) is 3.83. The van der Waals surface area contributed by atoms with E-state index in [1.165, 1.54) is 43.2 Å². The fraction of sp³-hybridized carbons (Fsp3) is 0.667. The fourth-order valence-corrected chi connectivity index (χ4v) is 2.90. The van der Waals surface area contributed by atoms with Gasteiger partial charge < -0.3 is 5.32 Å². The van der Waals surface area contributed by atoms with Crippen molar-refractivity contribution in [2.75, 3.05) is 6.54 Å². The van der Waals surface area contributed by atoms with Crippen molar-refractivity contribution in [3.8, 4) is 0 Å². The van der Waals surface area contributed by atoms with Gasteiger partial charge in [0.25, 0.3) is 0 Å². The van der Waals surface area contributed by atoms with Crippen LogP contribution in [0.2, 0.25) is 0 Å². The maximum Gasteiger partial charge on any atom is 0.00726 e. The second-order valence-corrected chi connectivity index (χ2v) is 5.91. The number of aryl methyl sites for hydroxylation is 2. The summed E-state index contributed by atoms with van der Waals surface area (Å²) in [6, 6.07) is 9.60. The largest absolute Gasteiger partial charge is 0.314 e. The van der Waals surface area contributed by atoms with Gasteiger partial charge in [0.15, 0.2) is 0 Å². The van der Waals surface area contributed by atoms with Gasteiger partial charge in [-0.05, 0) is 44.2 Å². The highest BCUT2D eigenvalue weighted by atomic mass is 14.9. The van der Waals surface area contributed by atoms with Gasteiger partial charge in [-0.15, -0.1) is 0 Å². The Morgan fingerprint density at radius 3 is 2.58 bits per heavy atom. The van der Waals surface area contributed by atoms with Gasteiger partial charge in [0.2, 0.25) is 0 Å². The van der Waals surface area contributed by atoms with E-state index < -0.39 is 0 Å². The topological polar surface area (TPSA) is 12.0 Å². The SMILES string of the molecule is CCCC(C)CC(CCc1cccc(C)c1)NCC. The number of rotatable bonds is 9. The Labute approximate surface area is 119 Å². The molecule has 1 nitrogen and oxygen atoms in total. The van der Waals surface area contributed by atoms with E-state index in [4.69, 9.17) is 0 Å². The van der Waals surface area contributed by atoms with Crippen LogP contribution < -0.4 is 5.32 Å². The molecule has 0 radical (unpaired) electrons. The van der Waals surface area contributed by atoms with Gasteiger partial charge in [-0.3, -0.25) is 0 Å². The van der Waals surface area contributed by atoms with Crippen molar-refractivity contribution in [2.45, 2.75) is 65.8 Å². The Morgan fingerprint density at radius 1 is 1.16 bits per heavy atom. The molecule has 1 aromatic rings. The van der Waals surface area contributed by atoms with Crippen LogP contribution in [-0.2, 0) is 6.42 Å². The minimum Gasteiger partial charge on any atom is -0.314 e. The number of nitrogens with one attached hydrogen (secondary N) is 1. The van der Waals surface area contributed by atoms with Crippen LogP contribution in [-0.4, -0.2) is 12.6 Å². The molecule has 0 amide bonds. The summed E-state index contributed by atoms with van der Waals surface area (Å²) in [6.45, 7) is 10.1. The van der Waals surface area contributed by atoms with Crippen LogP contribution in [0.25, 0.3) is 0 Å². The molecule has 1 heteroatoms. The van der Waals surface area contributed by atoms with E-state index in [1.807, 2.05) is 0 Å². The van der Waals surface area contributed by atoms with Crippen molar-refractivity contribution >= 4 is 0 Å². The van der Waals surface area contributed by atoms with Crippen LogP contribution in [0.1, 0.15) is 57.6 Å². The number of hydrogen-bond donors (Lipinski definition) is 1. The molecular weight excluding hydrogens is 230 g/mol. The van der Waals surface area contributed by atoms with E-state index in [0.717, 1.165) is 12.5 Å². The van der Waals surface area contributed by atoms with E-state index >= 15 is 0 Å². The third kappa shape index (κ3) is 6.77. The van der Waals surface area contributed by atoms with Crippen molar-refractivity contribution in [1.82, 2.24) is 5.32 Å². The molecule has 0 spiro atoms. The molecule has 1 rings (SSSR count). The van der Waals surface area contributed by atoms with Gasteiger partial charge in [-0.25, -0.2) is 0 Å². The summed E-state index contributed by atoms with van der Waals surface area (Å²) in [5.41, 5.74) is 2.85. The highest BCUT2D eigenvalue weighted by Gasteiger charge is 2.12. The number of benzene rings is 1. The summed E-state index contributed by atoms with van der Waals surface area (Å²) in [4.78, 5) is 0. The van der Waals surface area contributed by atoms with Crippen molar-refractivity contribution in [3.05, 3.63) is 35.4 Å². The lowest BCUT2D eigenvalue weighted by Gasteiger charge is -2.21. The Hall–Kier alpha value is -0.820. The highest BCUT2D eigenvalue weighted by molar-refractivity contribution is 5.22. The molecule has 0 bridgehead atoms. The monoisotopic (exact) mass is 261 g/mol. The summed E-state index contributed by atoms with van der Waals surface area (Å²) >= 11 is 0. The molecule has 0 fully saturated rings. The first kappa shape index (κ1) is 16.2. The molecule has 1 aromatic carbocycles. The van der Waals surface area contributed by atoms with Gasteiger partial charge >= 0.3 is 0 Å². The normalized spacial score (nSPS) is 14.3. The zero-order chi connectivity index (χ0) is 14.1. The van der Waals surface area contributed by atoms with Crippen molar-refractivity contribution in [3.63, 3.8) is 0 Å². The highest BCUT2D eigenvalue weighted by Crippen LogP contribution is 2.16. The molecule has 0 saturated carbocycles. The summed E-state index contributed by atoms with van der Waals surface area (Å²) in [5.74, 6) is 0.839. The van der Waals surface area contributed by atoms with E-state index in [9.17, 15) is 0 Å². The fourth-order valence-electron chi connectivity index (χ4n) is 2.90. The third-order valence-corrected chi connectivity index (χ3v) is 3.83. The van der Waals surface area contributed by atoms with Gasteiger partial charge in [0.1, 0.15) is 0 Å². The smallest absolute Gasteiger partial charge is 0.00726 e. The first-order valence-corrected chi connectivity index (χ1v) is 7.94. The lowest BCUT2D eigenvalue weighted by Crippen LogP contribution is -2.31. The maximum absolute atomic E-state index is 3.66.